The fourth-order valence-electron chi connectivity index (χ4n) is 1.77. The highest BCUT2D eigenvalue weighted by Crippen LogP contribution is 2.31. The van der Waals surface area contributed by atoms with Gasteiger partial charge in [0.25, 0.3) is 0 Å². The van der Waals surface area contributed by atoms with Crippen molar-refractivity contribution in [3.05, 3.63) is 41.1 Å². The number of benzene rings is 1. The van der Waals surface area contributed by atoms with E-state index in [1.165, 1.54) is 0 Å². The zero-order chi connectivity index (χ0) is 16.3. The van der Waals surface area contributed by atoms with Crippen LogP contribution in [0.15, 0.2) is 34.7 Å². The molecule has 6 heteroatoms. The quantitative estimate of drug-likeness (QED) is 0.827. The van der Waals surface area contributed by atoms with Crippen molar-refractivity contribution in [1.29, 1.82) is 0 Å². The second-order valence-electron chi connectivity index (χ2n) is 5.64. The predicted octanol–water partition coefficient (Wildman–Crippen LogP) is 4.76. The maximum Gasteiger partial charge on any atom is 0.412 e. The molecule has 2 aromatic rings. The highest BCUT2D eigenvalue weighted by Gasteiger charge is 2.17. The number of aldehydes is 1. The number of hydrogen-bond donors (Lipinski definition) is 1. The number of carbonyl (C=O) groups excluding carboxylic acids is 2. The molecule has 116 valence electrons. The van der Waals surface area contributed by atoms with E-state index in [0.717, 1.165) is 0 Å². The highest BCUT2D eigenvalue weighted by atomic mass is 35.5. The summed E-state index contributed by atoms with van der Waals surface area (Å²) in [5.74, 6) is 0.650. The van der Waals surface area contributed by atoms with Crippen LogP contribution in [0, 0.1) is 0 Å². The monoisotopic (exact) mass is 321 g/mol. The Bertz CT molecular complexity index is 700. The first kappa shape index (κ1) is 16.1. The number of anilines is 1. The Kier molecular flexibility index (Phi) is 4.56. The van der Waals surface area contributed by atoms with Gasteiger partial charge < -0.3 is 9.15 Å². The first-order chi connectivity index (χ1) is 10.3. The van der Waals surface area contributed by atoms with Gasteiger partial charge in [-0.3, -0.25) is 10.1 Å². The molecule has 0 aliphatic heterocycles. The van der Waals surface area contributed by atoms with E-state index >= 15 is 0 Å². The summed E-state index contributed by atoms with van der Waals surface area (Å²) in [7, 11) is 0. The molecule has 1 aromatic carbocycles. The topological polar surface area (TPSA) is 68.5 Å². The first-order valence-corrected chi connectivity index (χ1v) is 7.01. The maximum absolute atomic E-state index is 11.8. The van der Waals surface area contributed by atoms with Crippen molar-refractivity contribution < 1.29 is 18.7 Å². The van der Waals surface area contributed by atoms with E-state index in [4.69, 9.17) is 20.8 Å². The molecule has 0 bridgehead atoms. The van der Waals surface area contributed by atoms with Crippen molar-refractivity contribution in [3.8, 4) is 11.3 Å². The van der Waals surface area contributed by atoms with Gasteiger partial charge in [-0.1, -0.05) is 11.6 Å². The van der Waals surface area contributed by atoms with Crippen molar-refractivity contribution in [3.63, 3.8) is 0 Å². The summed E-state index contributed by atoms with van der Waals surface area (Å²) in [6, 6.07) is 8.13. The molecule has 2 rings (SSSR count). The summed E-state index contributed by atoms with van der Waals surface area (Å²) in [6.07, 6.45) is 0.0500. The minimum Gasteiger partial charge on any atom is -0.453 e. The van der Waals surface area contributed by atoms with Crippen LogP contribution in [0.3, 0.4) is 0 Å². The van der Waals surface area contributed by atoms with Gasteiger partial charge in [0.2, 0.25) is 0 Å². The van der Waals surface area contributed by atoms with E-state index in [1.807, 2.05) is 0 Å². The lowest BCUT2D eigenvalue weighted by Gasteiger charge is -2.19. The molecule has 5 nitrogen and oxygen atoms in total. The second-order valence-corrected chi connectivity index (χ2v) is 6.05. The third-order valence-electron chi connectivity index (χ3n) is 2.62. The van der Waals surface area contributed by atoms with E-state index in [0.29, 0.717) is 28.3 Å². The van der Waals surface area contributed by atoms with Gasteiger partial charge >= 0.3 is 6.09 Å². The molecule has 1 amide bonds. The molecule has 22 heavy (non-hydrogen) atoms. The van der Waals surface area contributed by atoms with Crippen LogP contribution in [-0.2, 0) is 4.74 Å². The minimum absolute atomic E-state index is 0.205. The largest absolute Gasteiger partial charge is 0.453 e. The molecule has 1 N–H and O–H groups in total. The maximum atomic E-state index is 11.8. The molecule has 0 atom stereocenters. The molecular weight excluding hydrogens is 306 g/mol. The summed E-state index contributed by atoms with van der Waals surface area (Å²) < 4.78 is 10.5. The number of furan rings is 1. The normalized spacial score (nSPS) is 11.1. The molecule has 0 saturated carbocycles. The summed E-state index contributed by atoms with van der Waals surface area (Å²) in [5, 5.41) is 3.07. The van der Waals surface area contributed by atoms with E-state index in [2.05, 4.69) is 5.32 Å². The van der Waals surface area contributed by atoms with Gasteiger partial charge in [-0.05, 0) is 51.1 Å². The fraction of sp³-hybridized carbons (Fsp3) is 0.250. The Hall–Kier alpha value is -2.27. The Labute approximate surface area is 133 Å². The van der Waals surface area contributed by atoms with Crippen LogP contribution >= 0.6 is 11.6 Å². The van der Waals surface area contributed by atoms with Crippen LogP contribution < -0.4 is 5.32 Å². The van der Waals surface area contributed by atoms with Crippen LogP contribution in [-0.4, -0.2) is 18.0 Å². The summed E-state index contributed by atoms with van der Waals surface area (Å²) in [6.45, 7) is 5.34. The lowest BCUT2D eigenvalue weighted by molar-refractivity contribution is 0.0636. The van der Waals surface area contributed by atoms with Gasteiger partial charge in [-0.2, -0.15) is 0 Å². The minimum atomic E-state index is -0.584. The van der Waals surface area contributed by atoms with Crippen molar-refractivity contribution in [2.24, 2.45) is 0 Å². The smallest absolute Gasteiger partial charge is 0.412 e. The zero-order valence-corrected chi connectivity index (χ0v) is 13.2. The molecule has 0 fully saturated rings. The Balaban J connectivity index is 2.23. The standard InChI is InChI=1S/C16H16ClNO4/c1-16(2,3)22-15(20)18-10-4-6-13(17)12(8-10)14-7-5-11(9-19)21-14/h4-9H,1-3H3,(H,18,20). The van der Waals surface area contributed by atoms with Crippen molar-refractivity contribution in [2.45, 2.75) is 26.4 Å². The van der Waals surface area contributed by atoms with Crippen LogP contribution in [0.4, 0.5) is 10.5 Å². The van der Waals surface area contributed by atoms with Crippen molar-refractivity contribution in [1.82, 2.24) is 0 Å². The van der Waals surface area contributed by atoms with Gasteiger partial charge in [0.15, 0.2) is 12.0 Å². The Morgan fingerprint density at radius 3 is 2.59 bits per heavy atom. The number of halogens is 1. The third-order valence-corrected chi connectivity index (χ3v) is 2.95. The summed E-state index contributed by atoms with van der Waals surface area (Å²) in [5.41, 5.74) is 0.500. The van der Waals surface area contributed by atoms with E-state index in [9.17, 15) is 9.59 Å². The molecule has 0 saturated heterocycles. The fourth-order valence-corrected chi connectivity index (χ4v) is 1.98. The van der Waals surface area contributed by atoms with Gasteiger partial charge in [0.05, 0.1) is 5.02 Å². The first-order valence-electron chi connectivity index (χ1n) is 6.63. The second kappa shape index (κ2) is 6.23. The van der Waals surface area contributed by atoms with Gasteiger partial charge in [0, 0.05) is 11.3 Å². The average molecular weight is 322 g/mol. The number of amides is 1. The van der Waals surface area contributed by atoms with Crippen LogP contribution in [0.1, 0.15) is 31.3 Å². The lowest BCUT2D eigenvalue weighted by atomic mass is 10.1. The van der Waals surface area contributed by atoms with Crippen molar-refractivity contribution >= 4 is 29.7 Å². The summed E-state index contributed by atoms with van der Waals surface area (Å²) in [4.78, 5) is 22.5. The summed E-state index contributed by atoms with van der Waals surface area (Å²) >= 11 is 6.13. The molecule has 0 spiro atoms. The Morgan fingerprint density at radius 2 is 2.00 bits per heavy atom. The third kappa shape index (κ3) is 4.11. The zero-order valence-electron chi connectivity index (χ0n) is 12.5. The number of ether oxygens (including phenoxy) is 1. The number of hydrogen-bond acceptors (Lipinski definition) is 4. The van der Waals surface area contributed by atoms with Crippen LogP contribution in [0.2, 0.25) is 5.02 Å². The van der Waals surface area contributed by atoms with Gasteiger partial charge in [-0.25, -0.2) is 4.79 Å². The van der Waals surface area contributed by atoms with Gasteiger partial charge in [0.1, 0.15) is 11.4 Å². The molecule has 0 aliphatic rings. The molecule has 1 aromatic heterocycles. The molecule has 1 heterocycles. The van der Waals surface area contributed by atoms with Crippen LogP contribution in [0.25, 0.3) is 11.3 Å². The van der Waals surface area contributed by atoms with Crippen molar-refractivity contribution in [2.75, 3.05) is 5.32 Å². The van der Waals surface area contributed by atoms with Crippen LogP contribution in [0.5, 0.6) is 0 Å². The highest BCUT2D eigenvalue weighted by molar-refractivity contribution is 6.33. The number of rotatable bonds is 3. The van der Waals surface area contributed by atoms with E-state index in [1.54, 1.807) is 51.1 Å². The molecule has 0 aliphatic carbocycles. The molecule has 0 radical (unpaired) electrons. The number of carbonyl (C=O) groups is 2. The molecular formula is C16H16ClNO4. The average Bonchev–Trinajstić information content (AvgIpc) is 2.87. The SMILES string of the molecule is CC(C)(C)OC(=O)Nc1ccc(Cl)c(-c2ccc(C=O)o2)c1. The molecule has 0 unspecified atom stereocenters. The van der Waals surface area contributed by atoms with E-state index in [-0.39, 0.29) is 5.76 Å². The number of nitrogens with one attached hydrogen (secondary N) is 1. The Morgan fingerprint density at radius 1 is 1.27 bits per heavy atom. The predicted molar refractivity (Wildman–Crippen MR) is 84.4 cm³/mol. The lowest BCUT2D eigenvalue weighted by Crippen LogP contribution is -2.27. The van der Waals surface area contributed by atoms with Gasteiger partial charge in [-0.15, -0.1) is 0 Å². The van der Waals surface area contributed by atoms with E-state index < -0.39 is 11.7 Å².